The van der Waals surface area contributed by atoms with Crippen molar-refractivity contribution in [3.05, 3.63) is 0 Å². The Bertz CT molecular complexity index is 418. The van der Waals surface area contributed by atoms with Crippen LogP contribution >= 0.6 is 0 Å². The minimum Gasteiger partial charge on any atom is -0.479 e. The van der Waals surface area contributed by atoms with Gasteiger partial charge in [-0.15, -0.1) is 5.06 Å². The Morgan fingerprint density at radius 3 is 2.29 bits per heavy atom. The first-order valence-corrected chi connectivity index (χ1v) is 6.00. The third-order valence-corrected chi connectivity index (χ3v) is 2.65. The van der Waals surface area contributed by atoms with E-state index in [1.165, 1.54) is 5.06 Å². The maximum Gasteiger partial charge on any atom is 0.336 e. The van der Waals surface area contributed by atoms with E-state index >= 15 is 0 Å². The molecular weight excluding hydrogens is 290 g/mol. The molecule has 1 rings (SSSR count). The summed E-state index contributed by atoms with van der Waals surface area (Å²) < 4.78 is 8.93. The van der Waals surface area contributed by atoms with Gasteiger partial charge in [-0.25, -0.2) is 4.79 Å². The number of morpholine rings is 1. The molecule has 1 atom stereocenters. The Balaban J connectivity index is 2.59. The van der Waals surface area contributed by atoms with Gasteiger partial charge in [0.1, 0.15) is 0 Å². The first kappa shape index (κ1) is 17.0. The highest BCUT2D eigenvalue weighted by Gasteiger charge is 2.42. The number of carboxylic acid groups (broad SMARTS) is 1. The van der Waals surface area contributed by atoms with Gasteiger partial charge in [0.25, 0.3) is 0 Å². The molecule has 0 spiro atoms. The van der Waals surface area contributed by atoms with E-state index in [1.54, 1.807) is 0 Å². The number of ether oxygens (including phenoxy) is 2. The van der Waals surface area contributed by atoms with Crippen molar-refractivity contribution in [3.63, 3.8) is 0 Å². The molecule has 0 aromatic carbocycles. The summed E-state index contributed by atoms with van der Waals surface area (Å²) in [5.41, 5.74) is -2.70. The Labute approximate surface area is 119 Å². The number of hydrogen-bond acceptors (Lipinski definition) is 9. The lowest BCUT2D eigenvalue weighted by Crippen LogP contribution is -2.45. The number of hydrogen-bond donors (Lipinski definition) is 2. The summed E-state index contributed by atoms with van der Waals surface area (Å²) >= 11 is 0. The van der Waals surface area contributed by atoms with Crippen molar-refractivity contribution in [2.75, 3.05) is 26.3 Å². The van der Waals surface area contributed by atoms with Crippen molar-refractivity contribution >= 4 is 24.4 Å². The maximum absolute atomic E-state index is 11.6. The van der Waals surface area contributed by atoms with Crippen LogP contribution in [0, 0.1) is 0 Å². The lowest BCUT2D eigenvalue weighted by molar-refractivity contribution is -0.211. The second kappa shape index (κ2) is 7.67. The number of hydroxylamine groups is 2. The van der Waals surface area contributed by atoms with Crippen LogP contribution < -0.4 is 0 Å². The molecule has 1 saturated heterocycles. The number of rotatable bonds is 7. The molecule has 2 N–H and O–H groups in total. The molecule has 1 aliphatic rings. The van der Waals surface area contributed by atoms with Crippen LogP contribution in [0.5, 0.6) is 0 Å². The largest absolute Gasteiger partial charge is 0.479 e. The highest BCUT2D eigenvalue weighted by atomic mass is 16.7. The van der Waals surface area contributed by atoms with E-state index in [0.717, 1.165) is 0 Å². The van der Waals surface area contributed by atoms with Crippen LogP contribution in [-0.2, 0) is 33.5 Å². The summed E-state index contributed by atoms with van der Waals surface area (Å²) in [4.78, 5) is 48.5. The lowest BCUT2D eigenvalue weighted by Gasteiger charge is -2.27. The molecule has 1 aliphatic heterocycles. The monoisotopic (exact) mass is 305 g/mol. The second-order valence-corrected chi connectivity index (χ2v) is 4.28. The quantitative estimate of drug-likeness (QED) is 0.310. The van der Waals surface area contributed by atoms with Gasteiger partial charge in [0, 0.05) is 0 Å². The van der Waals surface area contributed by atoms with Crippen LogP contribution in [0.15, 0.2) is 0 Å². The van der Waals surface area contributed by atoms with Crippen LogP contribution in [0.4, 0.5) is 0 Å². The van der Waals surface area contributed by atoms with Crippen LogP contribution in [-0.4, -0.2) is 71.6 Å². The Kier molecular flexibility index (Phi) is 6.21. The molecule has 118 valence electrons. The number of carboxylic acids is 1. The number of carbonyl (C=O) groups is 4. The number of aliphatic carboxylic acids is 1. The van der Waals surface area contributed by atoms with Crippen LogP contribution in [0.3, 0.4) is 0 Å². The minimum absolute atomic E-state index is 0.198. The van der Waals surface area contributed by atoms with Crippen molar-refractivity contribution in [3.8, 4) is 0 Å². The van der Waals surface area contributed by atoms with Crippen LogP contribution in [0.1, 0.15) is 12.8 Å². The zero-order chi connectivity index (χ0) is 15.9. The van der Waals surface area contributed by atoms with E-state index in [0.29, 0.717) is 26.3 Å². The van der Waals surface area contributed by atoms with E-state index in [2.05, 4.69) is 4.74 Å². The molecule has 0 saturated carbocycles. The second-order valence-electron chi connectivity index (χ2n) is 4.28. The molecule has 0 aliphatic carbocycles. The molecular formula is C11H15NO9. The fourth-order valence-corrected chi connectivity index (χ4v) is 1.60. The molecule has 0 aromatic rings. The molecule has 0 amide bonds. The summed E-state index contributed by atoms with van der Waals surface area (Å²) in [6.45, 7) is 1.12. The highest BCUT2D eigenvalue weighted by Crippen LogP contribution is 2.18. The standard InChI is InChI=1S/C11H15NO9/c13-7-20-8(14)5-11(18,10(16)17)6-9(15)21-12-1-3-19-4-2-12/h7,18H,1-6H2,(H,16,17). The summed E-state index contributed by atoms with van der Waals surface area (Å²) in [7, 11) is 0. The van der Waals surface area contributed by atoms with Gasteiger partial charge in [-0.3, -0.25) is 14.4 Å². The summed E-state index contributed by atoms with van der Waals surface area (Å²) in [5, 5.41) is 20.0. The first-order valence-electron chi connectivity index (χ1n) is 6.00. The zero-order valence-corrected chi connectivity index (χ0v) is 11.0. The molecule has 0 aromatic heterocycles. The van der Waals surface area contributed by atoms with E-state index in [1.807, 2.05) is 0 Å². The lowest BCUT2D eigenvalue weighted by atomic mass is 9.96. The normalized spacial score (nSPS) is 18.3. The topological polar surface area (TPSA) is 140 Å². The maximum atomic E-state index is 11.6. The summed E-state index contributed by atoms with van der Waals surface area (Å²) in [6.07, 6.45) is -2.02. The predicted molar refractivity (Wildman–Crippen MR) is 62.5 cm³/mol. The fraction of sp³-hybridized carbons (Fsp3) is 0.636. The van der Waals surface area contributed by atoms with Crippen LogP contribution in [0.2, 0.25) is 0 Å². The first-order chi connectivity index (χ1) is 9.87. The highest BCUT2D eigenvalue weighted by molar-refractivity contribution is 5.90. The van der Waals surface area contributed by atoms with Crippen molar-refractivity contribution < 1.29 is 43.7 Å². The van der Waals surface area contributed by atoms with Gasteiger partial charge < -0.3 is 24.5 Å². The molecule has 0 radical (unpaired) electrons. The van der Waals surface area contributed by atoms with E-state index < -0.39 is 36.4 Å². The van der Waals surface area contributed by atoms with Gasteiger partial charge in [0.05, 0.1) is 39.1 Å². The number of aliphatic hydroxyl groups is 1. The average Bonchev–Trinajstić information content (AvgIpc) is 2.39. The molecule has 10 nitrogen and oxygen atoms in total. The number of esters is 1. The van der Waals surface area contributed by atoms with Gasteiger partial charge >= 0.3 is 24.4 Å². The summed E-state index contributed by atoms with van der Waals surface area (Å²) in [6, 6.07) is 0. The van der Waals surface area contributed by atoms with E-state index in [9.17, 15) is 24.3 Å². The Morgan fingerprint density at radius 2 is 1.76 bits per heavy atom. The Hall–Kier alpha value is -2.04. The molecule has 0 bridgehead atoms. The molecule has 21 heavy (non-hydrogen) atoms. The predicted octanol–water partition coefficient (Wildman–Crippen LogP) is -1.93. The van der Waals surface area contributed by atoms with Crippen molar-refractivity contribution in [2.45, 2.75) is 18.4 Å². The average molecular weight is 305 g/mol. The van der Waals surface area contributed by atoms with Gasteiger partial charge in [-0.1, -0.05) is 0 Å². The smallest absolute Gasteiger partial charge is 0.336 e. The third kappa shape index (κ3) is 5.45. The number of nitrogens with zero attached hydrogens (tertiary/aromatic N) is 1. The third-order valence-electron chi connectivity index (χ3n) is 2.65. The molecule has 10 heteroatoms. The van der Waals surface area contributed by atoms with Gasteiger partial charge in [0.2, 0.25) is 0 Å². The van der Waals surface area contributed by atoms with E-state index in [4.69, 9.17) is 14.7 Å². The fourth-order valence-electron chi connectivity index (χ4n) is 1.60. The molecule has 1 heterocycles. The Morgan fingerprint density at radius 1 is 1.19 bits per heavy atom. The van der Waals surface area contributed by atoms with Gasteiger partial charge in [-0.05, 0) is 0 Å². The number of carbonyl (C=O) groups excluding carboxylic acids is 3. The molecule has 1 unspecified atom stereocenters. The zero-order valence-electron chi connectivity index (χ0n) is 11.0. The van der Waals surface area contributed by atoms with Crippen molar-refractivity contribution in [2.24, 2.45) is 0 Å². The van der Waals surface area contributed by atoms with Crippen LogP contribution in [0.25, 0.3) is 0 Å². The molecule has 1 fully saturated rings. The van der Waals surface area contributed by atoms with E-state index in [-0.39, 0.29) is 6.47 Å². The SMILES string of the molecule is O=COC(=O)CC(O)(CC(=O)ON1CCOCC1)C(=O)O. The van der Waals surface area contributed by atoms with Crippen molar-refractivity contribution in [1.29, 1.82) is 0 Å². The van der Waals surface area contributed by atoms with Gasteiger partial charge in [0.15, 0.2) is 5.60 Å². The van der Waals surface area contributed by atoms with Gasteiger partial charge in [-0.2, -0.15) is 0 Å². The van der Waals surface area contributed by atoms with Crippen molar-refractivity contribution in [1.82, 2.24) is 5.06 Å². The minimum atomic E-state index is -2.70. The summed E-state index contributed by atoms with van der Waals surface area (Å²) in [5.74, 6) is -4.10.